The van der Waals surface area contributed by atoms with Gasteiger partial charge < -0.3 is 10.1 Å². The number of nitrogens with zero attached hydrogens (tertiary/aromatic N) is 1. The fraction of sp³-hybridized carbons (Fsp3) is 0.118. The summed E-state index contributed by atoms with van der Waals surface area (Å²) in [6.45, 7) is 0. The number of H-pyrrole nitrogens is 1. The Hall–Kier alpha value is -2.75. The van der Waals surface area contributed by atoms with E-state index in [0.717, 1.165) is 29.4 Å². The van der Waals surface area contributed by atoms with Gasteiger partial charge in [0.05, 0.1) is 12.8 Å². The maximum atomic E-state index is 5.30. The Balaban J connectivity index is 1.70. The lowest BCUT2D eigenvalue weighted by molar-refractivity contribution is 0.414. The van der Waals surface area contributed by atoms with E-state index >= 15 is 0 Å². The molecule has 0 fully saturated rings. The minimum absolute atomic E-state index is 0.869. The molecule has 2 N–H and O–H groups in total. The molecule has 104 valence electrons. The molecule has 21 heavy (non-hydrogen) atoms. The largest absolute Gasteiger partial charge is 0.497 e. The number of para-hydroxylation sites is 1. The van der Waals surface area contributed by atoms with Gasteiger partial charge in [-0.2, -0.15) is 5.10 Å². The van der Waals surface area contributed by atoms with E-state index in [9.17, 15) is 0 Å². The number of aromatic amines is 1. The zero-order valence-corrected chi connectivity index (χ0v) is 11.7. The lowest BCUT2D eigenvalue weighted by Crippen LogP contribution is -1.94. The number of fused-ring (bicyclic) bond motifs is 3. The summed E-state index contributed by atoms with van der Waals surface area (Å²) < 4.78 is 5.30. The van der Waals surface area contributed by atoms with Gasteiger partial charge in [0.2, 0.25) is 0 Å². The van der Waals surface area contributed by atoms with Crippen LogP contribution in [0.2, 0.25) is 0 Å². The van der Waals surface area contributed by atoms with Gasteiger partial charge in [0.25, 0.3) is 0 Å². The zero-order valence-electron chi connectivity index (χ0n) is 11.7. The molecular weight excluding hydrogens is 262 g/mol. The second-order valence-electron chi connectivity index (χ2n) is 5.12. The van der Waals surface area contributed by atoms with Crippen molar-refractivity contribution in [2.24, 2.45) is 0 Å². The first-order chi connectivity index (χ1) is 10.3. The molecule has 4 heteroatoms. The maximum Gasteiger partial charge on any atom is 0.156 e. The smallest absolute Gasteiger partial charge is 0.156 e. The van der Waals surface area contributed by atoms with Crippen LogP contribution in [0, 0.1) is 0 Å². The van der Waals surface area contributed by atoms with Crippen LogP contribution in [0.3, 0.4) is 0 Å². The first kappa shape index (κ1) is 12.0. The second kappa shape index (κ2) is 4.66. The van der Waals surface area contributed by atoms with Crippen LogP contribution in [-0.2, 0) is 6.42 Å². The number of nitrogens with one attached hydrogen (secondary N) is 2. The minimum Gasteiger partial charge on any atom is -0.497 e. The van der Waals surface area contributed by atoms with Gasteiger partial charge in [-0.1, -0.05) is 18.2 Å². The molecule has 0 spiro atoms. The van der Waals surface area contributed by atoms with Crippen molar-refractivity contribution in [3.05, 3.63) is 59.7 Å². The molecule has 0 aliphatic heterocycles. The summed E-state index contributed by atoms with van der Waals surface area (Å²) in [6, 6.07) is 16.3. The highest BCUT2D eigenvalue weighted by Crippen LogP contribution is 2.40. The van der Waals surface area contributed by atoms with Crippen LogP contribution in [0.25, 0.3) is 11.3 Å². The molecule has 0 amide bonds. The third kappa shape index (κ3) is 1.96. The van der Waals surface area contributed by atoms with Crippen molar-refractivity contribution in [2.45, 2.75) is 6.42 Å². The molecule has 0 radical (unpaired) electrons. The lowest BCUT2D eigenvalue weighted by Gasteiger charge is -2.05. The van der Waals surface area contributed by atoms with Gasteiger partial charge in [-0.3, -0.25) is 5.10 Å². The van der Waals surface area contributed by atoms with Crippen LogP contribution < -0.4 is 10.1 Å². The van der Waals surface area contributed by atoms with E-state index in [1.54, 1.807) is 7.11 Å². The van der Waals surface area contributed by atoms with Crippen LogP contribution in [0.15, 0.2) is 48.5 Å². The summed E-state index contributed by atoms with van der Waals surface area (Å²) in [5, 5.41) is 10.9. The van der Waals surface area contributed by atoms with Gasteiger partial charge >= 0.3 is 0 Å². The van der Waals surface area contributed by atoms with E-state index < -0.39 is 0 Å². The standard InChI is InChI=1S/C17H15N3O/c1-21-13-7-8-14-11(9-13)10-15-16(14)19-20-17(15)18-12-5-3-2-4-6-12/h2-9H,10H2,1H3,(H2,18,19,20). The summed E-state index contributed by atoms with van der Waals surface area (Å²) in [7, 11) is 1.69. The van der Waals surface area contributed by atoms with Crippen molar-refractivity contribution < 1.29 is 4.74 Å². The number of rotatable bonds is 3. The fourth-order valence-corrected chi connectivity index (χ4v) is 2.80. The van der Waals surface area contributed by atoms with Crippen LogP contribution >= 0.6 is 0 Å². The van der Waals surface area contributed by atoms with Gasteiger partial charge in [-0.25, -0.2) is 0 Å². The van der Waals surface area contributed by atoms with E-state index in [-0.39, 0.29) is 0 Å². The van der Waals surface area contributed by atoms with Gasteiger partial charge in [0.15, 0.2) is 5.82 Å². The van der Waals surface area contributed by atoms with Crippen molar-refractivity contribution in [3.63, 3.8) is 0 Å². The molecule has 1 heterocycles. The highest BCUT2D eigenvalue weighted by atomic mass is 16.5. The monoisotopic (exact) mass is 277 g/mol. The van der Waals surface area contributed by atoms with Crippen molar-refractivity contribution >= 4 is 11.5 Å². The highest BCUT2D eigenvalue weighted by Gasteiger charge is 2.24. The Morgan fingerprint density at radius 3 is 2.81 bits per heavy atom. The minimum atomic E-state index is 0.869. The third-order valence-electron chi connectivity index (χ3n) is 3.85. The Morgan fingerprint density at radius 2 is 2.00 bits per heavy atom. The summed E-state index contributed by atoms with van der Waals surface area (Å²) in [5.41, 5.74) is 5.84. The fourth-order valence-electron chi connectivity index (χ4n) is 2.80. The SMILES string of the molecule is COc1ccc2c(c1)Cc1c(Nc3ccccc3)n[nH]c1-2. The Morgan fingerprint density at radius 1 is 1.14 bits per heavy atom. The van der Waals surface area contributed by atoms with Crippen molar-refractivity contribution in [1.29, 1.82) is 0 Å². The van der Waals surface area contributed by atoms with Crippen molar-refractivity contribution in [1.82, 2.24) is 10.2 Å². The molecule has 1 aliphatic rings. The number of hydrogen-bond acceptors (Lipinski definition) is 3. The lowest BCUT2D eigenvalue weighted by atomic mass is 10.1. The molecule has 0 saturated carbocycles. The molecule has 4 rings (SSSR count). The first-order valence-corrected chi connectivity index (χ1v) is 6.92. The van der Waals surface area contributed by atoms with E-state index in [4.69, 9.17) is 4.74 Å². The molecule has 4 nitrogen and oxygen atoms in total. The first-order valence-electron chi connectivity index (χ1n) is 6.92. The molecule has 3 aromatic rings. The van der Waals surface area contributed by atoms with Gasteiger partial charge in [-0.05, 0) is 35.9 Å². The molecule has 0 saturated heterocycles. The van der Waals surface area contributed by atoms with E-state index in [1.165, 1.54) is 16.7 Å². The van der Waals surface area contributed by atoms with Gasteiger partial charge in [-0.15, -0.1) is 0 Å². The van der Waals surface area contributed by atoms with Crippen LogP contribution in [0.4, 0.5) is 11.5 Å². The third-order valence-corrected chi connectivity index (χ3v) is 3.85. The molecule has 1 aromatic heterocycles. The van der Waals surface area contributed by atoms with Gasteiger partial charge in [0.1, 0.15) is 5.75 Å². The molecule has 1 aliphatic carbocycles. The average Bonchev–Trinajstić information content (AvgIpc) is 3.07. The number of anilines is 2. The summed E-state index contributed by atoms with van der Waals surface area (Å²) in [4.78, 5) is 0. The molecule has 0 unspecified atom stereocenters. The van der Waals surface area contributed by atoms with E-state index in [1.807, 2.05) is 36.4 Å². The summed E-state index contributed by atoms with van der Waals surface area (Å²) in [5.74, 6) is 1.79. The maximum absolute atomic E-state index is 5.30. The quantitative estimate of drug-likeness (QED) is 0.600. The van der Waals surface area contributed by atoms with Crippen LogP contribution in [-0.4, -0.2) is 17.3 Å². The topological polar surface area (TPSA) is 49.9 Å². The Bertz CT molecular complexity index is 793. The predicted octanol–water partition coefficient (Wildman–Crippen LogP) is 3.73. The van der Waals surface area contributed by atoms with Crippen molar-refractivity contribution in [2.75, 3.05) is 12.4 Å². The number of hydrogen-bond donors (Lipinski definition) is 2. The molecule has 0 atom stereocenters. The molecule has 0 bridgehead atoms. The number of ether oxygens (including phenoxy) is 1. The predicted molar refractivity (Wildman–Crippen MR) is 83.1 cm³/mol. The Kier molecular flexibility index (Phi) is 2.67. The summed E-state index contributed by atoms with van der Waals surface area (Å²) in [6.07, 6.45) is 0.869. The molecular formula is C17H15N3O. The zero-order chi connectivity index (χ0) is 14.2. The van der Waals surface area contributed by atoms with Crippen molar-refractivity contribution in [3.8, 4) is 17.0 Å². The number of aromatic nitrogens is 2. The normalized spacial score (nSPS) is 11.9. The molecule has 2 aromatic carbocycles. The number of methoxy groups -OCH3 is 1. The van der Waals surface area contributed by atoms with Crippen LogP contribution in [0.5, 0.6) is 5.75 Å². The van der Waals surface area contributed by atoms with E-state index in [2.05, 4.69) is 27.6 Å². The van der Waals surface area contributed by atoms with E-state index in [0.29, 0.717) is 0 Å². The van der Waals surface area contributed by atoms with Gasteiger partial charge in [0, 0.05) is 23.2 Å². The van der Waals surface area contributed by atoms with Crippen LogP contribution in [0.1, 0.15) is 11.1 Å². The summed E-state index contributed by atoms with van der Waals surface area (Å²) >= 11 is 0. The highest BCUT2D eigenvalue weighted by molar-refractivity contribution is 5.80. The Labute approximate surface area is 122 Å². The average molecular weight is 277 g/mol. The number of benzene rings is 2. The second-order valence-corrected chi connectivity index (χ2v) is 5.12.